The van der Waals surface area contributed by atoms with Crippen LogP contribution in [-0.4, -0.2) is 48.3 Å². The third-order valence-electron chi connectivity index (χ3n) is 3.17. The zero-order valence-corrected chi connectivity index (χ0v) is 14.5. The molecule has 0 aliphatic carbocycles. The molecule has 0 aromatic carbocycles. The number of nitrogens with one attached hydrogen (secondary N) is 2. The molecular formula is C16H33N3O3. The van der Waals surface area contributed by atoms with Crippen LogP contribution in [-0.2, 0) is 0 Å². The average molecular weight is 315 g/mol. The van der Waals surface area contributed by atoms with Crippen LogP contribution in [0.1, 0.15) is 53.4 Å². The van der Waals surface area contributed by atoms with Crippen LogP contribution in [0.5, 0.6) is 0 Å². The zero-order chi connectivity index (χ0) is 17.0. The van der Waals surface area contributed by atoms with Crippen LogP contribution in [0.2, 0.25) is 0 Å². The number of carbonyl (C=O) groups excluding carboxylic acids is 1. The highest BCUT2D eigenvalue weighted by Gasteiger charge is 2.12. The quantitative estimate of drug-likeness (QED) is 0.512. The highest BCUT2D eigenvalue weighted by molar-refractivity contribution is 5.73. The number of nitrogens with zero attached hydrogens (tertiary/aromatic N) is 1. The molecule has 0 fully saturated rings. The average Bonchev–Trinajstić information content (AvgIpc) is 2.42. The van der Waals surface area contributed by atoms with Crippen molar-refractivity contribution in [3.8, 4) is 0 Å². The number of rotatable bonds is 11. The van der Waals surface area contributed by atoms with E-state index in [4.69, 9.17) is 5.11 Å². The number of hydrogen-bond acceptors (Lipinski definition) is 2. The van der Waals surface area contributed by atoms with Gasteiger partial charge in [0.1, 0.15) is 0 Å². The minimum absolute atomic E-state index is 0.109. The van der Waals surface area contributed by atoms with Gasteiger partial charge in [-0.25, -0.2) is 9.59 Å². The molecule has 22 heavy (non-hydrogen) atoms. The Hall–Kier alpha value is -1.46. The highest BCUT2D eigenvalue weighted by Crippen LogP contribution is 2.05. The van der Waals surface area contributed by atoms with Crippen molar-refractivity contribution in [2.24, 2.45) is 11.8 Å². The van der Waals surface area contributed by atoms with Crippen LogP contribution < -0.4 is 10.6 Å². The molecule has 0 spiro atoms. The Morgan fingerprint density at radius 1 is 0.955 bits per heavy atom. The summed E-state index contributed by atoms with van der Waals surface area (Å²) >= 11 is 0. The van der Waals surface area contributed by atoms with E-state index in [-0.39, 0.29) is 6.03 Å². The monoisotopic (exact) mass is 315 g/mol. The number of amides is 3. The Balaban J connectivity index is 3.56. The first-order valence-corrected chi connectivity index (χ1v) is 8.32. The maximum absolute atomic E-state index is 11.4. The fraction of sp³-hybridized carbons (Fsp3) is 0.875. The molecule has 3 amide bonds. The maximum Gasteiger partial charge on any atom is 0.407 e. The second-order valence-corrected chi connectivity index (χ2v) is 6.57. The van der Waals surface area contributed by atoms with Gasteiger partial charge in [0, 0.05) is 26.2 Å². The summed E-state index contributed by atoms with van der Waals surface area (Å²) in [5, 5.41) is 14.7. The molecule has 0 aliphatic rings. The number of unbranched alkanes of at least 4 members (excludes halogenated alkanes) is 3. The molecule has 0 aromatic rings. The van der Waals surface area contributed by atoms with E-state index in [1.165, 1.54) is 4.90 Å². The SMILES string of the molecule is CC(C)CNC(=O)NCCCCCCN(CC(C)C)C(=O)O. The molecule has 0 atom stereocenters. The predicted octanol–water partition coefficient (Wildman–Crippen LogP) is 3.14. The first-order chi connectivity index (χ1) is 10.3. The van der Waals surface area contributed by atoms with Crippen LogP contribution in [0.3, 0.4) is 0 Å². The van der Waals surface area contributed by atoms with Gasteiger partial charge in [0.05, 0.1) is 0 Å². The van der Waals surface area contributed by atoms with Crippen molar-refractivity contribution >= 4 is 12.1 Å². The molecule has 0 heterocycles. The van der Waals surface area contributed by atoms with Gasteiger partial charge in [-0.3, -0.25) is 0 Å². The smallest absolute Gasteiger partial charge is 0.407 e. The first-order valence-electron chi connectivity index (χ1n) is 8.32. The standard InChI is InChI=1S/C16H33N3O3/c1-13(2)11-18-15(20)17-9-7-5-6-8-10-19(16(21)22)12-14(3)4/h13-14H,5-12H2,1-4H3,(H,21,22)(H2,17,18,20). The van der Waals surface area contributed by atoms with E-state index >= 15 is 0 Å². The number of hydrogen-bond donors (Lipinski definition) is 3. The normalized spacial score (nSPS) is 10.8. The Labute approximate surface area is 134 Å². The van der Waals surface area contributed by atoms with Crippen molar-refractivity contribution in [2.45, 2.75) is 53.4 Å². The van der Waals surface area contributed by atoms with E-state index in [1.54, 1.807) is 0 Å². The highest BCUT2D eigenvalue weighted by atomic mass is 16.4. The van der Waals surface area contributed by atoms with Crippen molar-refractivity contribution in [3.05, 3.63) is 0 Å². The van der Waals surface area contributed by atoms with Gasteiger partial charge in [-0.15, -0.1) is 0 Å². The maximum atomic E-state index is 11.4. The lowest BCUT2D eigenvalue weighted by atomic mass is 10.1. The van der Waals surface area contributed by atoms with Gasteiger partial charge in [0.2, 0.25) is 0 Å². The van der Waals surface area contributed by atoms with Crippen LogP contribution >= 0.6 is 0 Å². The van der Waals surface area contributed by atoms with E-state index in [1.807, 2.05) is 13.8 Å². The Morgan fingerprint density at radius 2 is 1.59 bits per heavy atom. The summed E-state index contributed by atoms with van der Waals surface area (Å²) in [5.74, 6) is 0.804. The predicted molar refractivity (Wildman–Crippen MR) is 89.1 cm³/mol. The molecule has 0 saturated carbocycles. The minimum atomic E-state index is -0.836. The second kappa shape index (κ2) is 12.1. The van der Waals surface area contributed by atoms with Gasteiger partial charge >= 0.3 is 12.1 Å². The molecular weight excluding hydrogens is 282 g/mol. The Kier molecular flexibility index (Phi) is 11.3. The summed E-state index contributed by atoms with van der Waals surface area (Å²) in [7, 11) is 0. The van der Waals surface area contributed by atoms with Crippen LogP contribution in [0, 0.1) is 11.8 Å². The topological polar surface area (TPSA) is 81.7 Å². The van der Waals surface area contributed by atoms with Gasteiger partial charge in [-0.2, -0.15) is 0 Å². The molecule has 0 aliphatic heterocycles. The molecule has 130 valence electrons. The van der Waals surface area contributed by atoms with E-state index in [0.717, 1.165) is 25.7 Å². The van der Waals surface area contributed by atoms with Crippen LogP contribution in [0.15, 0.2) is 0 Å². The zero-order valence-electron chi connectivity index (χ0n) is 14.5. The molecule has 0 aromatic heterocycles. The van der Waals surface area contributed by atoms with Gasteiger partial charge in [0.25, 0.3) is 0 Å². The fourth-order valence-electron chi connectivity index (χ4n) is 2.05. The molecule has 0 unspecified atom stereocenters. The largest absolute Gasteiger partial charge is 0.465 e. The molecule has 0 radical (unpaired) electrons. The molecule has 6 nitrogen and oxygen atoms in total. The van der Waals surface area contributed by atoms with Crippen molar-refractivity contribution < 1.29 is 14.7 Å². The van der Waals surface area contributed by atoms with E-state index < -0.39 is 6.09 Å². The van der Waals surface area contributed by atoms with E-state index in [2.05, 4.69) is 24.5 Å². The first kappa shape index (κ1) is 20.5. The molecule has 0 saturated heterocycles. The summed E-state index contributed by atoms with van der Waals surface area (Å²) in [6.07, 6.45) is 2.94. The van der Waals surface area contributed by atoms with Gasteiger partial charge in [-0.05, 0) is 24.7 Å². The van der Waals surface area contributed by atoms with Gasteiger partial charge in [-0.1, -0.05) is 40.5 Å². The number of carboxylic acid groups (broad SMARTS) is 1. The lowest BCUT2D eigenvalue weighted by molar-refractivity contribution is 0.138. The lowest BCUT2D eigenvalue weighted by Crippen LogP contribution is -2.37. The Bertz CT molecular complexity index is 320. The van der Waals surface area contributed by atoms with Crippen molar-refractivity contribution in [2.75, 3.05) is 26.2 Å². The van der Waals surface area contributed by atoms with Gasteiger partial charge < -0.3 is 20.6 Å². The summed E-state index contributed by atoms with van der Waals surface area (Å²) in [6, 6.07) is -0.109. The van der Waals surface area contributed by atoms with Crippen molar-refractivity contribution in [3.63, 3.8) is 0 Å². The van der Waals surface area contributed by atoms with Gasteiger partial charge in [0.15, 0.2) is 0 Å². The minimum Gasteiger partial charge on any atom is -0.465 e. The van der Waals surface area contributed by atoms with Crippen molar-refractivity contribution in [1.82, 2.24) is 15.5 Å². The third-order valence-corrected chi connectivity index (χ3v) is 3.17. The van der Waals surface area contributed by atoms with E-state index in [9.17, 15) is 9.59 Å². The third kappa shape index (κ3) is 12.3. The lowest BCUT2D eigenvalue weighted by Gasteiger charge is -2.21. The van der Waals surface area contributed by atoms with Crippen molar-refractivity contribution in [1.29, 1.82) is 0 Å². The second-order valence-electron chi connectivity index (χ2n) is 6.57. The molecule has 0 rings (SSSR count). The molecule has 0 bridgehead atoms. The summed E-state index contributed by atoms with van der Waals surface area (Å²) in [6.45, 7) is 10.7. The summed E-state index contributed by atoms with van der Waals surface area (Å²) in [5.41, 5.74) is 0. The van der Waals surface area contributed by atoms with E-state index in [0.29, 0.717) is 38.0 Å². The number of urea groups is 1. The fourth-order valence-corrected chi connectivity index (χ4v) is 2.05. The van der Waals surface area contributed by atoms with Crippen LogP contribution in [0.4, 0.5) is 9.59 Å². The Morgan fingerprint density at radius 3 is 2.14 bits per heavy atom. The molecule has 3 N–H and O–H groups in total. The summed E-state index contributed by atoms with van der Waals surface area (Å²) in [4.78, 5) is 24.0. The summed E-state index contributed by atoms with van der Waals surface area (Å²) < 4.78 is 0. The number of carbonyl (C=O) groups is 2. The molecule has 6 heteroatoms. The van der Waals surface area contributed by atoms with Crippen LogP contribution in [0.25, 0.3) is 0 Å².